The van der Waals surface area contributed by atoms with Gasteiger partial charge in [-0.15, -0.1) is 22.7 Å². The van der Waals surface area contributed by atoms with Crippen LogP contribution in [0.1, 0.15) is 0 Å². The molecule has 4 heterocycles. The first-order valence-electron chi connectivity index (χ1n) is 24.0. The molecular weight excluding hydrogens is 913 g/mol. The first-order chi connectivity index (χ1) is 35.7. The second-order valence-electron chi connectivity index (χ2n) is 17.7. The van der Waals surface area contributed by atoms with Crippen molar-refractivity contribution in [2.45, 2.75) is 0 Å². The second kappa shape index (κ2) is 18.8. The maximum Gasteiger partial charge on any atom is 0.160 e. The van der Waals surface area contributed by atoms with Crippen molar-refractivity contribution >= 4 is 42.8 Å². The predicted molar refractivity (Wildman–Crippen MR) is 303 cm³/mol. The van der Waals surface area contributed by atoms with Crippen molar-refractivity contribution in [1.82, 2.24) is 19.9 Å². The van der Waals surface area contributed by atoms with Gasteiger partial charge in [0.1, 0.15) is 0 Å². The summed E-state index contributed by atoms with van der Waals surface area (Å²) in [4.78, 5) is 22.9. The number of hydrogen-bond donors (Lipinski definition) is 0. The van der Waals surface area contributed by atoms with Crippen LogP contribution in [0.2, 0.25) is 0 Å². The average molecular weight is 955 g/mol. The number of fused-ring (bicyclic) bond motifs is 2. The minimum atomic E-state index is 0.703. The average Bonchev–Trinajstić information content (AvgIpc) is 4.11. The fourth-order valence-electron chi connectivity index (χ4n) is 9.64. The van der Waals surface area contributed by atoms with Gasteiger partial charge in [-0.2, -0.15) is 0 Å². The highest BCUT2D eigenvalue weighted by atomic mass is 32.1. The van der Waals surface area contributed by atoms with E-state index in [0.29, 0.717) is 11.6 Å². The van der Waals surface area contributed by atoms with Gasteiger partial charge in [-0.1, -0.05) is 218 Å². The number of hydrogen-bond acceptors (Lipinski definition) is 6. The molecule has 9 aromatic carbocycles. The van der Waals surface area contributed by atoms with Gasteiger partial charge in [-0.05, 0) is 58.7 Å². The number of benzene rings is 9. The molecule has 0 aliphatic rings. The monoisotopic (exact) mass is 954 g/mol. The fourth-order valence-corrected chi connectivity index (χ4v) is 12.1. The number of aromatic nitrogens is 4. The first-order valence-corrected chi connectivity index (χ1v) is 25.7. The molecule has 0 radical (unpaired) electrons. The van der Waals surface area contributed by atoms with E-state index in [0.717, 1.165) is 67.3 Å². The first kappa shape index (κ1) is 43.1. The molecule has 4 aromatic heterocycles. The zero-order valence-electron chi connectivity index (χ0n) is 38.9. The lowest BCUT2D eigenvalue weighted by Crippen LogP contribution is -1.95. The lowest BCUT2D eigenvalue weighted by atomic mass is 9.93. The molecule has 0 aliphatic carbocycles. The van der Waals surface area contributed by atoms with E-state index >= 15 is 0 Å². The Morgan fingerprint density at radius 1 is 0.222 bits per heavy atom. The van der Waals surface area contributed by atoms with Crippen LogP contribution in [0.25, 0.3) is 131 Å². The van der Waals surface area contributed by atoms with E-state index in [9.17, 15) is 0 Å². The van der Waals surface area contributed by atoms with Crippen LogP contribution in [-0.2, 0) is 0 Å². The molecule has 338 valence electrons. The van der Waals surface area contributed by atoms with Gasteiger partial charge < -0.3 is 0 Å². The lowest BCUT2D eigenvalue weighted by molar-refractivity contribution is 1.18. The number of thiophene rings is 2. The van der Waals surface area contributed by atoms with Crippen LogP contribution in [0.15, 0.2) is 255 Å². The van der Waals surface area contributed by atoms with E-state index < -0.39 is 0 Å². The second-order valence-corrected chi connectivity index (χ2v) is 19.8. The highest BCUT2D eigenvalue weighted by Gasteiger charge is 2.23. The molecule has 4 nitrogen and oxygen atoms in total. The van der Waals surface area contributed by atoms with Crippen molar-refractivity contribution in [2.75, 3.05) is 0 Å². The summed E-state index contributed by atoms with van der Waals surface area (Å²) in [6, 6.07) is 89.8. The topological polar surface area (TPSA) is 51.6 Å². The summed E-state index contributed by atoms with van der Waals surface area (Å²) < 4.78 is 2.52. The molecule has 0 spiro atoms. The molecule has 0 fully saturated rings. The van der Waals surface area contributed by atoms with Gasteiger partial charge >= 0.3 is 0 Å². The van der Waals surface area contributed by atoms with E-state index in [1.807, 2.05) is 71.2 Å². The van der Waals surface area contributed by atoms with E-state index in [1.54, 1.807) is 0 Å². The molecule has 0 atom stereocenters. The van der Waals surface area contributed by atoms with E-state index in [4.69, 9.17) is 19.9 Å². The fraction of sp³-hybridized carbons (Fsp3) is 0. The molecule has 72 heavy (non-hydrogen) atoms. The summed E-state index contributed by atoms with van der Waals surface area (Å²) in [7, 11) is 0. The maximum atomic E-state index is 5.19. The molecule has 0 aliphatic heterocycles. The summed E-state index contributed by atoms with van der Waals surface area (Å²) in [5, 5.41) is 2.48. The van der Waals surface area contributed by atoms with Crippen LogP contribution in [-0.4, -0.2) is 19.9 Å². The molecule has 0 saturated carbocycles. The van der Waals surface area contributed by atoms with Gasteiger partial charge in [-0.25, -0.2) is 19.9 Å². The third kappa shape index (κ3) is 8.28. The Morgan fingerprint density at radius 3 is 0.847 bits per heavy atom. The third-order valence-electron chi connectivity index (χ3n) is 13.1. The van der Waals surface area contributed by atoms with Gasteiger partial charge in [0.25, 0.3) is 0 Å². The van der Waals surface area contributed by atoms with Crippen molar-refractivity contribution in [3.63, 3.8) is 0 Å². The summed E-state index contributed by atoms with van der Waals surface area (Å²) in [5.74, 6) is 1.41. The van der Waals surface area contributed by atoms with E-state index in [2.05, 4.69) is 206 Å². The Balaban J connectivity index is 0.972. The van der Waals surface area contributed by atoms with Crippen LogP contribution in [0.3, 0.4) is 0 Å². The number of nitrogens with zero attached hydrogens (tertiary/aromatic N) is 4. The smallest absolute Gasteiger partial charge is 0.160 e. The highest BCUT2D eigenvalue weighted by Crippen LogP contribution is 2.52. The van der Waals surface area contributed by atoms with Crippen molar-refractivity contribution in [1.29, 1.82) is 0 Å². The lowest BCUT2D eigenvalue weighted by Gasteiger charge is -2.12. The zero-order valence-corrected chi connectivity index (χ0v) is 40.5. The molecule has 0 N–H and O–H groups in total. The van der Waals surface area contributed by atoms with Crippen molar-refractivity contribution in [2.24, 2.45) is 0 Å². The maximum absolute atomic E-state index is 5.19. The predicted octanol–water partition coefficient (Wildman–Crippen LogP) is 18.4. The molecule has 0 saturated heterocycles. The SMILES string of the molecule is c1ccc(-c2cc(-c3cccc(-c4cc5c(-c6ccccc6)c6sc(-c7cccc(-c8cc(-c9ccccc9)nc(-c9ccccc9)n8)c7)cc6c(-c6ccccc6)c5s4)c3)nc(-c3ccccc3)n2)cc1. The Bertz CT molecular complexity index is 3630. The minimum Gasteiger partial charge on any atom is -0.228 e. The van der Waals surface area contributed by atoms with E-state index in [1.165, 1.54) is 52.2 Å². The Labute approximate surface area is 426 Å². The Kier molecular flexibility index (Phi) is 11.2. The molecule has 0 unspecified atom stereocenters. The molecule has 0 bridgehead atoms. The molecule has 13 rings (SSSR count). The van der Waals surface area contributed by atoms with Crippen LogP contribution < -0.4 is 0 Å². The van der Waals surface area contributed by atoms with Crippen LogP contribution >= 0.6 is 22.7 Å². The minimum absolute atomic E-state index is 0.703. The van der Waals surface area contributed by atoms with Crippen molar-refractivity contribution in [3.05, 3.63) is 255 Å². The van der Waals surface area contributed by atoms with Gasteiger partial charge in [0, 0.05) is 74.4 Å². The summed E-state index contributed by atoms with van der Waals surface area (Å²) in [5.41, 5.74) is 16.9. The Morgan fingerprint density at radius 2 is 0.500 bits per heavy atom. The molecule has 6 heteroatoms. The van der Waals surface area contributed by atoms with Crippen molar-refractivity contribution in [3.8, 4) is 111 Å². The Hall–Kier alpha value is -8.94. The van der Waals surface area contributed by atoms with Gasteiger partial charge in [0.05, 0.1) is 22.8 Å². The summed E-state index contributed by atoms with van der Waals surface area (Å²) in [6.45, 7) is 0. The zero-order chi connectivity index (χ0) is 47.8. The van der Waals surface area contributed by atoms with Gasteiger partial charge in [-0.3, -0.25) is 0 Å². The summed E-state index contributed by atoms with van der Waals surface area (Å²) in [6.07, 6.45) is 0. The standard InChI is InChI=1S/C66H42N4S2/c1-7-21-43(22-8-1)55-41-57(69-65(67-55)47-29-15-5-16-30-47)49-33-19-35-51(37-49)59-39-53-61(45-25-11-3-12-26-45)64-54(62(63(53)71-59)46-27-13-4-14-28-46)40-60(72-64)52-36-20-34-50(38-52)58-42-56(44-23-9-2-10-24-44)68-66(70-58)48-31-17-6-18-32-48/h1-42H. The van der Waals surface area contributed by atoms with Crippen LogP contribution in [0.5, 0.6) is 0 Å². The van der Waals surface area contributed by atoms with Crippen LogP contribution in [0, 0.1) is 0 Å². The molecular formula is C66H42N4S2. The van der Waals surface area contributed by atoms with E-state index in [-0.39, 0.29) is 0 Å². The number of rotatable bonds is 10. The van der Waals surface area contributed by atoms with Gasteiger partial charge in [0.2, 0.25) is 0 Å². The van der Waals surface area contributed by atoms with Gasteiger partial charge in [0.15, 0.2) is 11.6 Å². The normalized spacial score (nSPS) is 11.3. The highest BCUT2D eigenvalue weighted by molar-refractivity contribution is 7.25. The third-order valence-corrected chi connectivity index (χ3v) is 15.5. The van der Waals surface area contributed by atoms with Crippen molar-refractivity contribution < 1.29 is 0 Å². The largest absolute Gasteiger partial charge is 0.228 e. The summed E-state index contributed by atoms with van der Waals surface area (Å²) >= 11 is 3.72. The molecule has 0 amide bonds. The quantitative estimate of drug-likeness (QED) is 0.137. The van der Waals surface area contributed by atoms with Crippen LogP contribution in [0.4, 0.5) is 0 Å². The molecule has 13 aromatic rings.